The van der Waals surface area contributed by atoms with Crippen molar-refractivity contribution in [2.45, 2.75) is 20.0 Å². The fourth-order valence-corrected chi connectivity index (χ4v) is 2.68. The van der Waals surface area contributed by atoms with E-state index in [1.807, 2.05) is 12.1 Å². The molecule has 0 bridgehead atoms. The van der Waals surface area contributed by atoms with Crippen LogP contribution in [0.25, 0.3) is 11.3 Å². The molecule has 9 nitrogen and oxygen atoms in total. The SMILES string of the molecule is COc1ccc(-c2cc(=O)n(CCNC(=O)Cn3cnc(C)cc3=O)cn2)cc1. The zero-order valence-corrected chi connectivity index (χ0v) is 16.2. The summed E-state index contributed by atoms with van der Waals surface area (Å²) < 4.78 is 7.75. The Balaban J connectivity index is 1.57. The van der Waals surface area contributed by atoms with Gasteiger partial charge in [0.15, 0.2) is 0 Å². The summed E-state index contributed by atoms with van der Waals surface area (Å²) in [5.74, 6) is 0.384. The molecule has 1 aromatic carbocycles. The van der Waals surface area contributed by atoms with Crippen LogP contribution in [0.1, 0.15) is 5.69 Å². The molecule has 0 aliphatic rings. The fourth-order valence-electron chi connectivity index (χ4n) is 2.68. The van der Waals surface area contributed by atoms with E-state index in [0.717, 1.165) is 11.3 Å². The van der Waals surface area contributed by atoms with E-state index in [1.165, 1.54) is 33.9 Å². The topological polar surface area (TPSA) is 108 Å². The molecule has 0 spiro atoms. The summed E-state index contributed by atoms with van der Waals surface area (Å²) in [4.78, 5) is 44.4. The van der Waals surface area contributed by atoms with Crippen molar-refractivity contribution in [1.82, 2.24) is 24.4 Å². The molecule has 0 atom stereocenters. The minimum absolute atomic E-state index is 0.129. The van der Waals surface area contributed by atoms with E-state index in [0.29, 0.717) is 11.4 Å². The third-order valence-electron chi connectivity index (χ3n) is 4.27. The summed E-state index contributed by atoms with van der Waals surface area (Å²) in [7, 11) is 1.59. The molecule has 0 saturated heterocycles. The summed E-state index contributed by atoms with van der Waals surface area (Å²) in [6.07, 6.45) is 2.78. The lowest BCUT2D eigenvalue weighted by atomic mass is 10.1. The van der Waals surface area contributed by atoms with Gasteiger partial charge in [-0.3, -0.25) is 23.5 Å². The Kier molecular flexibility index (Phi) is 6.18. The summed E-state index contributed by atoms with van der Waals surface area (Å²) in [6, 6.07) is 10.1. The van der Waals surface area contributed by atoms with Crippen molar-refractivity contribution < 1.29 is 9.53 Å². The molecule has 150 valence electrons. The third kappa shape index (κ3) is 5.16. The van der Waals surface area contributed by atoms with Gasteiger partial charge in [-0.2, -0.15) is 0 Å². The zero-order chi connectivity index (χ0) is 20.8. The lowest BCUT2D eigenvalue weighted by Crippen LogP contribution is -2.35. The lowest BCUT2D eigenvalue weighted by Gasteiger charge is -2.09. The molecule has 0 radical (unpaired) electrons. The van der Waals surface area contributed by atoms with Gasteiger partial charge in [0, 0.05) is 36.5 Å². The number of benzene rings is 1. The van der Waals surface area contributed by atoms with Gasteiger partial charge in [-0.05, 0) is 31.2 Å². The number of nitrogens with zero attached hydrogens (tertiary/aromatic N) is 4. The number of ether oxygens (including phenoxy) is 1. The molecule has 0 unspecified atom stereocenters. The van der Waals surface area contributed by atoms with Gasteiger partial charge in [-0.15, -0.1) is 0 Å². The molecule has 9 heteroatoms. The second-order valence-electron chi connectivity index (χ2n) is 6.38. The molecule has 0 aliphatic carbocycles. The number of hydrogen-bond acceptors (Lipinski definition) is 6. The minimum atomic E-state index is -0.339. The van der Waals surface area contributed by atoms with Crippen molar-refractivity contribution in [1.29, 1.82) is 0 Å². The van der Waals surface area contributed by atoms with Crippen LogP contribution in [0.15, 0.2) is 58.6 Å². The first-order chi connectivity index (χ1) is 14.0. The first-order valence-corrected chi connectivity index (χ1v) is 8.97. The van der Waals surface area contributed by atoms with E-state index in [2.05, 4.69) is 15.3 Å². The van der Waals surface area contributed by atoms with E-state index >= 15 is 0 Å². The molecule has 3 rings (SSSR count). The second-order valence-corrected chi connectivity index (χ2v) is 6.38. The largest absolute Gasteiger partial charge is 0.497 e. The highest BCUT2D eigenvalue weighted by Crippen LogP contribution is 2.19. The number of hydrogen-bond donors (Lipinski definition) is 1. The van der Waals surface area contributed by atoms with Gasteiger partial charge in [0.25, 0.3) is 11.1 Å². The van der Waals surface area contributed by atoms with Crippen molar-refractivity contribution in [3.63, 3.8) is 0 Å². The molecule has 1 amide bonds. The summed E-state index contributed by atoms with van der Waals surface area (Å²) in [5.41, 5.74) is 1.45. The van der Waals surface area contributed by atoms with Gasteiger partial charge < -0.3 is 10.1 Å². The maximum atomic E-state index is 12.3. The number of aryl methyl sites for hydroxylation is 1. The van der Waals surface area contributed by atoms with Gasteiger partial charge in [-0.1, -0.05) is 0 Å². The van der Waals surface area contributed by atoms with Crippen molar-refractivity contribution in [3.05, 3.63) is 75.5 Å². The highest BCUT2D eigenvalue weighted by atomic mass is 16.5. The Morgan fingerprint density at radius 2 is 1.72 bits per heavy atom. The third-order valence-corrected chi connectivity index (χ3v) is 4.27. The predicted molar refractivity (Wildman–Crippen MR) is 107 cm³/mol. The smallest absolute Gasteiger partial charge is 0.253 e. The predicted octanol–water partition coefficient (Wildman–Crippen LogP) is 0.600. The van der Waals surface area contributed by atoms with Crippen LogP contribution in [0, 0.1) is 6.92 Å². The Morgan fingerprint density at radius 3 is 2.38 bits per heavy atom. The Hall–Kier alpha value is -3.75. The molecular weight excluding hydrogens is 374 g/mol. The number of carbonyl (C=O) groups excluding carboxylic acids is 1. The molecule has 2 aromatic heterocycles. The van der Waals surface area contributed by atoms with E-state index in [9.17, 15) is 14.4 Å². The Labute approximate surface area is 166 Å². The van der Waals surface area contributed by atoms with Crippen LogP contribution in [0.3, 0.4) is 0 Å². The standard InChI is InChI=1S/C20H21N5O4/c1-14-9-19(27)25(12-22-14)11-18(26)21-7-8-24-13-23-17(10-20(24)28)15-3-5-16(29-2)6-4-15/h3-6,9-10,12-13H,7-8,11H2,1-2H3,(H,21,26). The average molecular weight is 395 g/mol. The Bertz CT molecular complexity index is 1120. The Morgan fingerprint density at radius 1 is 1.03 bits per heavy atom. The highest BCUT2D eigenvalue weighted by molar-refractivity contribution is 5.75. The van der Waals surface area contributed by atoms with Gasteiger partial charge in [0.2, 0.25) is 5.91 Å². The lowest BCUT2D eigenvalue weighted by molar-refractivity contribution is -0.121. The summed E-state index contributed by atoms with van der Waals surface area (Å²) >= 11 is 0. The molecule has 2 heterocycles. The summed E-state index contributed by atoms with van der Waals surface area (Å²) in [6.45, 7) is 2.07. The van der Waals surface area contributed by atoms with Crippen molar-refractivity contribution in [2.24, 2.45) is 0 Å². The van der Waals surface area contributed by atoms with E-state index in [4.69, 9.17) is 4.74 Å². The monoisotopic (exact) mass is 395 g/mol. The van der Waals surface area contributed by atoms with Gasteiger partial charge in [0.1, 0.15) is 12.3 Å². The van der Waals surface area contributed by atoms with E-state index in [-0.39, 0.29) is 36.7 Å². The van der Waals surface area contributed by atoms with Gasteiger partial charge in [-0.25, -0.2) is 9.97 Å². The maximum absolute atomic E-state index is 12.3. The van der Waals surface area contributed by atoms with E-state index in [1.54, 1.807) is 26.2 Å². The van der Waals surface area contributed by atoms with Crippen molar-refractivity contribution in [3.8, 4) is 17.0 Å². The minimum Gasteiger partial charge on any atom is -0.497 e. The molecule has 0 saturated carbocycles. The first-order valence-electron chi connectivity index (χ1n) is 8.97. The van der Waals surface area contributed by atoms with Gasteiger partial charge in [0.05, 0.1) is 25.5 Å². The molecule has 0 fully saturated rings. The molecule has 29 heavy (non-hydrogen) atoms. The number of methoxy groups -OCH3 is 1. The van der Waals surface area contributed by atoms with Crippen LogP contribution < -0.4 is 21.2 Å². The van der Waals surface area contributed by atoms with Crippen molar-refractivity contribution >= 4 is 5.91 Å². The first kappa shape index (κ1) is 20.0. The highest BCUT2D eigenvalue weighted by Gasteiger charge is 2.06. The summed E-state index contributed by atoms with van der Waals surface area (Å²) in [5, 5.41) is 2.68. The fraction of sp³-hybridized carbons (Fsp3) is 0.250. The maximum Gasteiger partial charge on any atom is 0.253 e. The number of amides is 1. The average Bonchev–Trinajstić information content (AvgIpc) is 2.71. The normalized spacial score (nSPS) is 10.6. The van der Waals surface area contributed by atoms with Crippen LogP contribution in [-0.4, -0.2) is 38.7 Å². The van der Waals surface area contributed by atoms with Crippen LogP contribution >= 0.6 is 0 Å². The second kappa shape index (κ2) is 8.96. The van der Waals surface area contributed by atoms with Crippen LogP contribution in [0.4, 0.5) is 0 Å². The number of aromatic nitrogens is 4. The molecule has 1 N–H and O–H groups in total. The number of rotatable bonds is 7. The molecular formula is C20H21N5O4. The van der Waals surface area contributed by atoms with Crippen LogP contribution in [0.5, 0.6) is 5.75 Å². The number of carbonyl (C=O) groups is 1. The molecule has 3 aromatic rings. The zero-order valence-electron chi connectivity index (χ0n) is 16.2. The number of nitrogens with one attached hydrogen (secondary N) is 1. The van der Waals surface area contributed by atoms with Gasteiger partial charge >= 0.3 is 0 Å². The van der Waals surface area contributed by atoms with Crippen LogP contribution in [-0.2, 0) is 17.9 Å². The quantitative estimate of drug-likeness (QED) is 0.628. The molecule has 0 aliphatic heterocycles. The van der Waals surface area contributed by atoms with Crippen molar-refractivity contribution in [2.75, 3.05) is 13.7 Å². The van der Waals surface area contributed by atoms with E-state index < -0.39 is 0 Å². The van der Waals surface area contributed by atoms with Crippen LogP contribution in [0.2, 0.25) is 0 Å².